The summed E-state index contributed by atoms with van der Waals surface area (Å²) in [5.74, 6) is 1.28. The standard InChI is InChI=1S/C14H24N4/c1-10(2)14(15)12-7-16-9-18(12)13-8-17-5-3-11(13)4-6-17/h7,9-11,13-14H,3-6,8,15H2,1-2H3. The molecule has 0 aromatic carbocycles. The number of hydrogen-bond acceptors (Lipinski definition) is 3. The van der Waals surface area contributed by atoms with Crippen LogP contribution in [-0.2, 0) is 0 Å². The summed E-state index contributed by atoms with van der Waals surface area (Å²) in [4.78, 5) is 6.93. The lowest BCUT2D eigenvalue weighted by atomic mass is 9.83. The van der Waals surface area contributed by atoms with Crippen LogP contribution < -0.4 is 5.73 Å². The Hall–Kier alpha value is -0.870. The zero-order valence-corrected chi connectivity index (χ0v) is 11.4. The number of aromatic nitrogens is 2. The van der Waals surface area contributed by atoms with Gasteiger partial charge < -0.3 is 15.2 Å². The first-order valence-corrected chi connectivity index (χ1v) is 7.16. The van der Waals surface area contributed by atoms with Gasteiger partial charge in [0.1, 0.15) is 0 Å². The zero-order chi connectivity index (χ0) is 12.7. The third-order valence-electron chi connectivity index (χ3n) is 4.73. The van der Waals surface area contributed by atoms with E-state index >= 15 is 0 Å². The largest absolute Gasteiger partial charge is 0.328 e. The molecule has 1 aromatic rings. The number of fused-ring (bicyclic) bond motifs is 3. The molecule has 4 nitrogen and oxygen atoms in total. The average Bonchev–Trinajstić information content (AvgIpc) is 2.88. The van der Waals surface area contributed by atoms with Crippen molar-refractivity contribution >= 4 is 0 Å². The van der Waals surface area contributed by atoms with E-state index in [9.17, 15) is 0 Å². The van der Waals surface area contributed by atoms with Gasteiger partial charge in [-0.25, -0.2) is 4.98 Å². The fourth-order valence-electron chi connectivity index (χ4n) is 3.44. The van der Waals surface area contributed by atoms with E-state index in [-0.39, 0.29) is 6.04 Å². The first-order valence-electron chi connectivity index (χ1n) is 7.16. The van der Waals surface area contributed by atoms with Crippen molar-refractivity contribution in [1.29, 1.82) is 0 Å². The van der Waals surface area contributed by atoms with Crippen LogP contribution in [0.4, 0.5) is 0 Å². The Balaban J connectivity index is 1.86. The Kier molecular flexibility index (Phi) is 3.16. The molecule has 3 aliphatic heterocycles. The third kappa shape index (κ3) is 1.97. The van der Waals surface area contributed by atoms with Crippen molar-refractivity contribution in [3.63, 3.8) is 0 Å². The van der Waals surface area contributed by atoms with Crippen molar-refractivity contribution in [3.05, 3.63) is 18.2 Å². The van der Waals surface area contributed by atoms with Gasteiger partial charge in [-0.1, -0.05) is 13.8 Å². The first-order chi connectivity index (χ1) is 8.66. The number of nitrogens with zero attached hydrogens (tertiary/aromatic N) is 3. The maximum Gasteiger partial charge on any atom is 0.0951 e. The normalized spacial score (nSPS) is 33.0. The van der Waals surface area contributed by atoms with Crippen LogP contribution in [0.25, 0.3) is 0 Å². The Bertz CT molecular complexity index is 404. The monoisotopic (exact) mass is 248 g/mol. The molecule has 3 aliphatic rings. The van der Waals surface area contributed by atoms with Crippen molar-refractivity contribution in [2.24, 2.45) is 17.6 Å². The number of imidazole rings is 1. The molecule has 4 rings (SSSR count). The Labute approximate surface area is 109 Å². The predicted molar refractivity (Wildman–Crippen MR) is 72.2 cm³/mol. The molecule has 0 radical (unpaired) electrons. The topological polar surface area (TPSA) is 47.1 Å². The maximum atomic E-state index is 6.31. The van der Waals surface area contributed by atoms with E-state index in [1.54, 1.807) is 0 Å². The number of rotatable bonds is 3. The van der Waals surface area contributed by atoms with Gasteiger partial charge in [-0.15, -0.1) is 0 Å². The van der Waals surface area contributed by atoms with Crippen LogP contribution in [0.2, 0.25) is 0 Å². The summed E-state index contributed by atoms with van der Waals surface area (Å²) in [6.07, 6.45) is 6.62. The number of hydrogen-bond donors (Lipinski definition) is 1. The fraction of sp³-hybridized carbons (Fsp3) is 0.786. The van der Waals surface area contributed by atoms with Crippen LogP contribution in [0.15, 0.2) is 12.5 Å². The van der Waals surface area contributed by atoms with Crippen molar-refractivity contribution in [3.8, 4) is 0 Å². The van der Waals surface area contributed by atoms with Crippen molar-refractivity contribution in [1.82, 2.24) is 14.5 Å². The second-order valence-electron chi connectivity index (χ2n) is 6.20. The molecule has 0 aliphatic carbocycles. The van der Waals surface area contributed by atoms with Gasteiger partial charge in [0.2, 0.25) is 0 Å². The summed E-state index contributed by atoms with van der Waals surface area (Å²) in [6, 6.07) is 0.692. The smallest absolute Gasteiger partial charge is 0.0951 e. The second-order valence-corrected chi connectivity index (χ2v) is 6.20. The molecule has 2 unspecified atom stereocenters. The van der Waals surface area contributed by atoms with Gasteiger partial charge in [-0.2, -0.15) is 0 Å². The highest BCUT2D eigenvalue weighted by Gasteiger charge is 2.36. The molecule has 4 heteroatoms. The van der Waals surface area contributed by atoms with Crippen LogP contribution in [0.3, 0.4) is 0 Å². The van der Waals surface area contributed by atoms with E-state index in [4.69, 9.17) is 5.73 Å². The summed E-state index contributed by atoms with van der Waals surface area (Å²) in [5.41, 5.74) is 7.53. The van der Waals surface area contributed by atoms with Crippen LogP contribution in [0.1, 0.15) is 44.5 Å². The Morgan fingerprint density at radius 2 is 2.06 bits per heavy atom. The maximum absolute atomic E-state index is 6.31. The molecule has 0 spiro atoms. The Morgan fingerprint density at radius 1 is 1.33 bits per heavy atom. The lowest BCUT2D eigenvalue weighted by Crippen LogP contribution is -2.48. The van der Waals surface area contributed by atoms with Gasteiger partial charge in [0.25, 0.3) is 0 Å². The van der Waals surface area contributed by atoms with Gasteiger partial charge in [0.05, 0.1) is 18.1 Å². The quantitative estimate of drug-likeness (QED) is 0.887. The van der Waals surface area contributed by atoms with Gasteiger partial charge in [-0.05, 0) is 37.8 Å². The van der Waals surface area contributed by atoms with Crippen LogP contribution in [0, 0.1) is 11.8 Å². The molecule has 2 atom stereocenters. The fourth-order valence-corrected chi connectivity index (χ4v) is 3.44. The molecule has 1 aromatic heterocycles. The lowest BCUT2D eigenvalue weighted by molar-refractivity contribution is 0.0550. The highest BCUT2D eigenvalue weighted by molar-refractivity contribution is 5.09. The zero-order valence-electron chi connectivity index (χ0n) is 11.4. The molecule has 0 saturated carbocycles. The summed E-state index contributed by atoms with van der Waals surface area (Å²) in [7, 11) is 0. The van der Waals surface area contributed by atoms with E-state index in [2.05, 4.69) is 28.3 Å². The summed E-state index contributed by atoms with van der Waals surface area (Å²) in [6.45, 7) is 8.10. The van der Waals surface area contributed by atoms with Crippen LogP contribution >= 0.6 is 0 Å². The minimum Gasteiger partial charge on any atom is -0.328 e. The van der Waals surface area contributed by atoms with E-state index in [1.807, 2.05) is 12.5 Å². The van der Waals surface area contributed by atoms with Gasteiger partial charge in [0, 0.05) is 18.8 Å². The minimum atomic E-state index is 0.1000. The highest BCUT2D eigenvalue weighted by atomic mass is 15.2. The van der Waals surface area contributed by atoms with Gasteiger partial charge in [-0.3, -0.25) is 0 Å². The minimum absolute atomic E-state index is 0.1000. The average molecular weight is 248 g/mol. The molecule has 0 amide bonds. The third-order valence-corrected chi connectivity index (χ3v) is 4.73. The van der Waals surface area contributed by atoms with Crippen molar-refractivity contribution < 1.29 is 0 Å². The van der Waals surface area contributed by atoms with Crippen molar-refractivity contribution in [2.45, 2.75) is 38.8 Å². The molecule has 18 heavy (non-hydrogen) atoms. The van der Waals surface area contributed by atoms with Gasteiger partial charge in [0.15, 0.2) is 0 Å². The number of nitrogens with two attached hydrogens (primary N) is 1. The van der Waals surface area contributed by atoms with E-state index in [0.29, 0.717) is 12.0 Å². The van der Waals surface area contributed by atoms with Crippen LogP contribution in [-0.4, -0.2) is 34.1 Å². The molecular formula is C14H24N4. The molecule has 4 heterocycles. The van der Waals surface area contributed by atoms with Gasteiger partial charge >= 0.3 is 0 Å². The lowest BCUT2D eigenvalue weighted by Gasteiger charge is -2.46. The van der Waals surface area contributed by atoms with E-state index < -0.39 is 0 Å². The first kappa shape index (κ1) is 12.2. The van der Waals surface area contributed by atoms with Crippen LogP contribution in [0.5, 0.6) is 0 Å². The van der Waals surface area contributed by atoms with Crippen molar-refractivity contribution in [2.75, 3.05) is 19.6 Å². The second kappa shape index (κ2) is 4.67. The summed E-state index contributed by atoms with van der Waals surface area (Å²) >= 11 is 0. The van der Waals surface area contributed by atoms with E-state index in [1.165, 1.54) is 38.2 Å². The summed E-state index contributed by atoms with van der Waals surface area (Å²) < 4.78 is 2.36. The molecule has 2 bridgehead atoms. The van der Waals surface area contributed by atoms with E-state index in [0.717, 1.165) is 5.92 Å². The number of piperidine rings is 3. The molecule has 100 valence electrons. The summed E-state index contributed by atoms with van der Waals surface area (Å²) in [5, 5.41) is 0. The Morgan fingerprint density at radius 3 is 2.61 bits per heavy atom. The molecule has 3 fully saturated rings. The predicted octanol–water partition coefficient (Wildman–Crippen LogP) is 1.81. The molecular weight excluding hydrogens is 224 g/mol. The SMILES string of the molecule is CC(C)C(N)c1cncn1C1CN2CCC1CC2. The molecule has 3 saturated heterocycles. The highest BCUT2D eigenvalue weighted by Crippen LogP contribution is 2.37. The molecule has 2 N–H and O–H groups in total.